The molecule has 0 saturated heterocycles. The summed E-state index contributed by atoms with van der Waals surface area (Å²) in [5.41, 5.74) is 1.32. The van der Waals surface area contributed by atoms with Crippen molar-refractivity contribution in [3.8, 4) is 5.75 Å². The Labute approximate surface area is 123 Å². The van der Waals surface area contributed by atoms with Crippen molar-refractivity contribution in [2.75, 3.05) is 6.61 Å². The van der Waals surface area contributed by atoms with Crippen molar-refractivity contribution < 1.29 is 4.74 Å². The van der Waals surface area contributed by atoms with Crippen LogP contribution >= 0.6 is 0 Å². The van der Waals surface area contributed by atoms with E-state index in [1.54, 1.807) is 0 Å². The van der Waals surface area contributed by atoms with Gasteiger partial charge in [-0.1, -0.05) is 38.8 Å². The minimum atomic E-state index is 0.687. The quantitative estimate of drug-likeness (QED) is 0.831. The summed E-state index contributed by atoms with van der Waals surface area (Å²) in [5.74, 6) is 2.70. The number of rotatable bonds is 6. The van der Waals surface area contributed by atoms with Crippen LogP contribution in [0.3, 0.4) is 0 Å². The average molecular weight is 275 g/mol. The van der Waals surface area contributed by atoms with E-state index in [4.69, 9.17) is 4.74 Å². The van der Waals surface area contributed by atoms with Crippen LogP contribution in [0.1, 0.15) is 52.0 Å². The smallest absolute Gasteiger partial charge is 0.119 e. The van der Waals surface area contributed by atoms with Crippen molar-refractivity contribution in [2.24, 2.45) is 11.8 Å². The second-order valence-corrected chi connectivity index (χ2v) is 6.33. The zero-order chi connectivity index (χ0) is 14.4. The van der Waals surface area contributed by atoms with Crippen molar-refractivity contribution in [2.45, 2.75) is 59.0 Å². The van der Waals surface area contributed by atoms with Gasteiger partial charge >= 0.3 is 0 Å². The summed E-state index contributed by atoms with van der Waals surface area (Å²) >= 11 is 0. The van der Waals surface area contributed by atoms with Gasteiger partial charge in [0, 0.05) is 12.6 Å². The van der Waals surface area contributed by atoms with Crippen molar-refractivity contribution in [1.82, 2.24) is 5.32 Å². The first-order valence-electron chi connectivity index (χ1n) is 8.14. The Bertz CT molecular complexity index is 402. The van der Waals surface area contributed by atoms with Gasteiger partial charge in [0.1, 0.15) is 5.75 Å². The van der Waals surface area contributed by atoms with Crippen LogP contribution in [-0.2, 0) is 6.54 Å². The monoisotopic (exact) mass is 275 g/mol. The molecule has 1 aromatic rings. The van der Waals surface area contributed by atoms with Gasteiger partial charge in [-0.3, -0.25) is 0 Å². The fourth-order valence-corrected chi connectivity index (χ4v) is 3.19. The lowest BCUT2D eigenvalue weighted by atomic mass is 9.79. The second-order valence-electron chi connectivity index (χ2n) is 6.33. The van der Waals surface area contributed by atoms with E-state index in [9.17, 15) is 0 Å². The first-order valence-corrected chi connectivity index (χ1v) is 8.14. The van der Waals surface area contributed by atoms with E-state index in [0.29, 0.717) is 6.04 Å². The molecule has 2 heteroatoms. The maximum atomic E-state index is 5.56. The summed E-state index contributed by atoms with van der Waals surface area (Å²) in [5, 5.41) is 3.74. The Hall–Kier alpha value is -1.02. The Morgan fingerprint density at radius 2 is 2.15 bits per heavy atom. The molecule has 1 aliphatic carbocycles. The predicted molar refractivity (Wildman–Crippen MR) is 85.0 cm³/mol. The standard InChI is InChI=1S/C18H29NO/c1-4-20-18-10-5-7-15(11-18)13-19-17-9-6-8-16(12-17)14(2)3/h5,7,10-11,14,16-17,19H,4,6,8-9,12-13H2,1-3H3. The molecule has 2 atom stereocenters. The largest absolute Gasteiger partial charge is 0.494 e. The maximum absolute atomic E-state index is 5.56. The fraction of sp³-hybridized carbons (Fsp3) is 0.667. The van der Waals surface area contributed by atoms with Crippen molar-refractivity contribution >= 4 is 0 Å². The molecule has 1 fully saturated rings. The van der Waals surface area contributed by atoms with Crippen LogP contribution in [0, 0.1) is 11.8 Å². The lowest BCUT2D eigenvalue weighted by Crippen LogP contribution is -2.35. The van der Waals surface area contributed by atoms with E-state index in [-0.39, 0.29) is 0 Å². The molecule has 0 radical (unpaired) electrons. The minimum absolute atomic E-state index is 0.687. The average Bonchev–Trinajstić information content (AvgIpc) is 2.46. The van der Waals surface area contributed by atoms with Gasteiger partial charge in [0.05, 0.1) is 6.61 Å². The van der Waals surface area contributed by atoms with Crippen LogP contribution in [0.5, 0.6) is 5.75 Å². The molecule has 0 aliphatic heterocycles. The number of hydrogen-bond acceptors (Lipinski definition) is 2. The Morgan fingerprint density at radius 1 is 1.30 bits per heavy atom. The molecule has 1 aliphatic rings. The molecule has 1 aromatic carbocycles. The highest BCUT2D eigenvalue weighted by molar-refractivity contribution is 5.28. The summed E-state index contributed by atoms with van der Waals surface area (Å²) in [6.45, 7) is 8.43. The second kappa shape index (κ2) is 7.68. The molecule has 2 unspecified atom stereocenters. The third kappa shape index (κ3) is 4.52. The number of ether oxygens (including phenoxy) is 1. The van der Waals surface area contributed by atoms with Gasteiger partial charge in [-0.2, -0.15) is 0 Å². The van der Waals surface area contributed by atoms with Crippen LogP contribution in [0.25, 0.3) is 0 Å². The van der Waals surface area contributed by atoms with Gasteiger partial charge in [0.25, 0.3) is 0 Å². The van der Waals surface area contributed by atoms with Gasteiger partial charge in [0.15, 0.2) is 0 Å². The minimum Gasteiger partial charge on any atom is -0.494 e. The highest BCUT2D eigenvalue weighted by atomic mass is 16.5. The zero-order valence-corrected chi connectivity index (χ0v) is 13.2. The van der Waals surface area contributed by atoms with E-state index in [2.05, 4.69) is 37.4 Å². The van der Waals surface area contributed by atoms with E-state index in [1.807, 2.05) is 13.0 Å². The molecule has 0 bridgehead atoms. The molecule has 0 amide bonds. The Balaban J connectivity index is 1.83. The third-order valence-corrected chi connectivity index (χ3v) is 4.46. The van der Waals surface area contributed by atoms with Crippen LogP contribution in [0.15, 0.2) is 24.3 Å². The lowest BCUT2D eigenvalue weighted by molar-refractivity contribution is 0.230. The first-order chi connectivity index (χ1) is 9.69. The normalized spacial score (nSPS) is 23.0. The van der Waals surface area contributed by atoms with Crippen LogP contribution in [0.4, 0.5) is 0 Å². The van der Waals surface area contributed by atoms with Gasteiger partial charge in [-0.05, 0) is 49.3 Å². The van der Waals surface area contributed by atoms with Gasteiger partial charge in [-0.25, -0.2) is 0 Å². The fourth-order valence-electron chi connectivity index (χ4n) is 3.19. The Morgan fingerprint density at radius 3 is 2.90 bits per heavy atom. The van der Waals surface area contributed by atoms with Crippen LogP contribution in [-0.4, -0.2) is 12.6 Å². The van der Waals surface area contributed by atoms with Crippen LogP contribution < -0.4 is 10.1 Å². The molecular weight excluding hydrogens is 246 g/mol. The summed E-state index contributed by atoms with van der Waals surface area (Å²) < 4.78 is 5.56. The number of hydrogen-bond donors (Lipinski definition) is 1. The SMILES string of the molecule is CCOc1cccc(CNC2CCCC(C(C)C)C2)c1. The topological polar surface area (TPSA) is 21.3 Å². The number of benzene rings is 1. The third-order valence-electron chi connectivity index (χ3n) is 4.46. The molecule has 20 heavy (non-hydrogen) atoms. The van der Waals surface area contributed by atoms with Gasteiger partial charge in [-0.15, -0.1) is 0 Å². The van der Waals surface area contributed by atoms with Crippen molar-refractivity contribution in [3.05, 3.63) is 29.8 Å². The number of nitrogens with one attached hydrogen (secondary N) is 1. The summed E-state index contributed by atoms with van der Waals surface area (Å²) in [4.78, 5) is 0. The van der Waals surface area contributed by atoms with Crippen molar-refractivity contribution in [3.63, 3.8) is 0 Å². The molecule has 0 heterocycles. The molecule has 112 valence electrons. The first kappa shape index (κ1) is 15.4. The van der Waals surface area contributed by atoms with E-state index < -0.39 is 0 Å². The zero-order valence-electron chi connectivity index (χ0n) is 13.2. The summed E-state index contributed by atoms with van der Waals surface area (Å²) in [7, 11) is 0. The van der Waals surface area contributed by atoms with Crippen molar-refractivity contribution in [1.29, 1.82) is 0 Å². The van der Waals surface area contributed by atoms with E-state index in [1.165, 1.54) is 31.2 Å². The lowest BCUT2D eigenvalue weighted by Gasteiger charge is -2.32. The molecule has 2 rings (SSSR count). The summed E-state index contributed by atoms with van der Waals surface area (Å²) in [6, 6.07) is 9.13. The summed E-state index contributed by atoms with van der Waals surface area (Å²) in [6.07, 6.45) is 5.45. The predicted octanol–water partition coefficient (Wildman–Crippen LogP) is 4.39. The van der Waals surface area contributed by atoms with Gasteiger partial charge < -0.3 is 10.1 Å². The molecule has 2 nitrogen and oxygen atoms in total. The molecule has 0 spiro atoms. The van der Waals surface area contributed by atoms with Gasteiger partial charge in [0.2, 0.25) is 0 Å². The maximum Gasteiger partial charge on any atom is 0.119 e. The van der Waals surface area contributed by atoms with E-state index in [0.717, 1.165) is 30.7 Å². The highest BCUT2D eigenvalue weighted by Crippen LogP contribution is 2.30. The molecule has 1 saturated carbocycles. The Kier molecular flexibility index (Phi) is 5.90. The van der Waals surface area contributed by atoms with E-state index >= 15 is 0 Å². The van der Waals surface area contributed by atoms with Crippen LogP contribution in [0.2, 0.25) is 0 Å². The molecule has 1 N–H and O–H groups in total. The molecule has 0 aromatic heterocycles. The highest BCUT2D eigenvalue weighted by Gasteiger charge is 2.23. The molecular formula is C18H29NO.